The molecule has 8 unspecified atom stereocenters. The highest BCUT2D eigenvalue weighted by Gasteiger charge is 2.41. The van der Waals surface area contributed by atoms with E-state index in [2.05, 4.69) is 305 Å². The van der Waals surface area contributed by atoms with Crippen LogP contribution >= 0.6 is 0 Å². The van der Waals surface area contributed by atoms with Gasteiger partial charge in [-0.3, -0.25) is 0 Å². The summed E-state index contributed by atoms with van der Waals surface area (Å²) in [4.78, 5) is 0. The van der Waals surface area contributed by atoms with Crippen molar-refractivity contribution >= 4 is 0 Å². The summed E-state index contributed by atoms with van der Waals surface area (Å²) < 4.78 is 0. The van der Waals surface area contributed by atoms with E-state index in [4.69, 9.17) is 0 Å². The molecule has 0 aromatic heterocycles. The molecule has 0 saturated heterocycles. The van der Waals surface area contributed by atoms with Gasteiger partial charge < -0.3 is 0 Å². The molecule has 2 fully saturated rings. The SMILES string of the molecule is CC.CC.CC.CC.CC(C)C1CCC(C)(C(C)(C)C)CC1.CC(C)CCCC(C)CCCC(C)CCC(C)(C)C.CC1CCC(C(C)C(C)(C)C)CC1.CCC(C)(C)CCCC(C)C.CCC(C)(CCCC(C)CCCC(C)C)C(C)(C)C.CCC(C)CCCC(C)(C)C.CCCC(C)CCCC(C)C.CCCC(C)CCCC(C)C. The van der Waals surface area contributed by atoms with Crippen LogP contribution in [-0.4, -0.2) is 0 Å². The summed E-state index contributed by atoms with van der Waals surface area (Å²) in [5, 5.41) is 0. The van der Waals surface area contributed by atoms with E-state index in [1.165, 1.54) is 263 Å². The fourth-order valence-corrected chi connectivity index (χ4v) is 16.2. The molecule has 0 aliphatic heterocycles. The molecule has 722 valence electrons. The minimum absolute atomic E-state index is 0.433. The third-order valence-electron chi connectivity index (χ3n) is 28.2. The van der Waals surface area contributed by atoms with Gasteiger partial charge in [0.25, 0.3) is 0 Å². The van der Waals surface area contributed by atoms with Crippen LogP contribution in [0.25, 0.3) is 0 Å². The van der Waals surface area contributed by atoms with Crippen molar-refractivity contribution in [2.75, 3.05) is 0 Å². The Morgan fingerprint density at radius 2 is 0.573 bits per heavy atom. The molecular formula is C117H254. The Morgan fingerprint density at radius 3 is 0.838 bits per heavy atom. The maximum atomic E-state index is 2.49. The molecule has 0 heterocycles. The summed E-state index contributed by atoms with van der Waals surface area (Å²) in [5.41, 5.74) is 4.13. The van der Waals surface area contributed by atoms with Crippen molar-refractivity contribution in [2.24, 2.45) is 138 Å². The summed E-state index contributed by atoms with van der Waals surface area (Å²) in [6, 6.07) is 0. The molecule has 0 bridgehead atoms. The molecule has 0 aromatic carbocycles. The molecule has 0 radical (unpaired) electrons. The quantitative estimate of drug-likeness (QED) is 0.0571. The summed E-state index contributed by atoms with van der Waals surface area (Å²) >= 11 is 0. The molecule has 0 amide bonds. The Morgan fingerprint density at radius 1 is 0.291 bits per heavy atom. The number of hydrogen-bond acceptors (Lipinski definition) is 0. The predicted molar refractivity (Wildman–Crippen MR) is 560 cm³/mol. The minimum Gasteiger partial charge on any atom is -0.0683 e. The fourth-order valence-electron chi connectivity index (χ4n) is 16.2. The van der Waals surface area contributed by atoms with Crippen molar-refractivity contribution in [1.82, 2.24) is 0 Å². The van der Waals surface area contributed by atoms with E-state index in [9.17, 15) is 0 Å². The summed E-state index contributed by atoms with van der Waals surface area (Å²) in [7, 11) is 0. The summed E-state index contributed by atoms with van der Waals surface area (Å²) in [5.74, 6) is 14.8. The largest absolute Gasteiger partial charge is 0.0683 e. The van der Waals surface area contributed by atoms with Crippen LogP contribution in [0.5, 0.6) is 0 Å². The molecule has 0 N–H and O–H groups in total. The van der Waals surface area contributed by atoms with Crippen LogP contribution in [0.2, 0.25) is 0 Å². The van der Waals surface area contributed by atoms with Crippen LogP contribution in [0.1, 0.15) is 623 Å². The van der Waals surface area contributed by atoms with E-state index in [1.807, 2.05) is 55.4 Å². The third-order valence-corrected chi connectivity index (χ3v) is 28.2. The Labute approximate surface area is 756 Å². The van der Waals surface area contributed by atoms with Gasteiger partial charge in [0.1, 0.15) is 0 Å². The maximum absolute atomic E-state index is 2.49. The summed E-state index contributed by atoms with van der Waals surface area (Å²) in [6.45, 7) is 120. The maximum Gasteiger partial charge on any atom is -0.0277 e. The third kappa shape index (κ3) is 96.5. The number of hydrogen-bond donors (Lipinski definition) is 0. The van der Waals surface area contributed by atoms with Crippen LogP contribution < -0.4 is 0 Å². The van der Waals surface area contributed by atoms with Crippen molar-refractivity contribution in [3.63, 3.8) is 0 Å². The lowest BCUT2D eigenvalue weighted by molar-refractivity contribution is 0.0321. The normalized spacial score (nSPS) is 18.7. The van der Waals surface area contributed by atoms with Crippen LogP contribution in [0.15, 0.2) is 0 Å². The van der Waals surface area contributed by atoms with Crippen molar-refractivity contribution in [2.45, 2.75) is 623 Å². The molecule has 2 aliphatic carbocycles. The van der Waals surface area contributed by atoms with Gasteiger partial charge in [0.15, 0.2) is 0 Å². The van der Waals surface area contributed by atoms with Gasteiger partial charge in [-0.1, -0.05) is 559 Å². The zero-order valence-corrected chi connectivity index (χ0v) is 94.2. The average molecular weight is 1660 g/mol. The van der Waals surface area contributed by atoms with Crippen LogP contribution in [-0.2, 0) is 0 Å². The lowest BCUT2D eigenvalue weighted by Crippen LogP contribution is -2.37. The van der Waals surface area contributed by atoms with E-state index in [0.717, 1.165) is 94.7 Å². The highest BCUT2D eigenvalue weighted by molar-refractivity contribution is 4.91. The predicted octanol–water partition coefficient (Wildman–Crippen LogP) is 44.6. The first-order chi connectivity index (χ1) is 53.8. The monoisotopic (exact) mass is 1660 g/mol. The van der Waals surface area contributed by atoms with Gasteiger partial charge in [0.05, 0.1) is 0 Å². The molecule has 0 nitrogen and oxygen atoms in total. The highest BCUT2D eigenvalue weighted by Crippen LogP contribution is 2.52. The van der Waals surface area contributed by atoms with Crippen molar-refractivity contribution in [1.29, 1.82) is 0 Å². The minimum atomic E-state index is 0.433. The summed E-state index contributed by atoms with van der Waals surface area (Å²) in [6.07, 6.45) is 57.9. The van der Waals surface area contributed by atoms with E-state index >= 15 is 0 Å². The van der Waals surface area contributed by atoms with Crippen molar-refractivity contribution in [3.05, 3.63) is 0 Å². The first-order valence-electron chi connectivity index (χ1n) is 53.8. The Kier molecular flexibility index (Phi) is 96.1. The first-order valence-corrected chi connectivity index (χ1v) is 53.8. The number of rotatable bonds is 42. The van der Waals surface area contributed by atoms with E-state index < -0.39 is 0 Å². The van der Waals surface area contributed by atoms with Gasteiger partial charge in [-0.15, -0.1) is 0 Å². The second-order valence-electron chi connectivity index (χ2n) is 48.3. The van der Waals surface area contributed by atoms with Gasteiger partial charge in [-0.2, -0.15) is 0 Å². The van der Waals surface area contributed by atoms with Gasteiger partial charge in [-0.25, -0.2) is 0 Å². The lowest BCUT2D eigenvalue weighted by Gasteiger charge is -2.47. The molecule has 2 saturated carbocycles. The van der Waals surface area contributed by atoms with E-state index in [0.29, 0.717) is 43.3 Å². The zero-order chi connectivity index (χ0) is 94.2. The van der Waals surface area contributed by atoms with Gasteiger partial charge in [0, 0.05) is 0 Å². The van der Waals surface area contributed by atoms with E-state index in [1.54, 1.807) is 0 Å². The topological polar surface area (TPSA) is 0 Å². The van der Waals surface area contributed by atoms with Crippen molar-refractivity contribution in [3.8, 4) is 0 Å². The first kappa shape index (κ1) is 138. The molecule has 8 atom stereocenters. The second-order valence-corrected chi connectivity index (χ2v) is 48.3. The molecule has 117 heavy (non-hydrogen) atoms. The average Bonchev–Trinajstić information content (AvgIpc) is 0.802. The molecule has 2 rings (SSSR count). The molecular weight excluding hydrogens is 1410 g/mol. The Balaban J connectivity index is -0.000000139. The fraction of sp³-hybridized carbons (Fsp3) is 1.00. The standard InChI is InChI=1S/2C19H40.C14H28.C13H26.4C11H24.4C2H6/c1-16(2)10-8-11-17(3)12-9-13-18(4)14-15-19(5,6)7;1-9-19(8,18(5,6)7)15-11-14-17(4)13-10-12-16(2)3;1-11(2)12-7-9-14(6,10-8-12)13(3,4)5;1-10-6-8-12(9-7-10)11(2)13(3,4)5;1-6-10(2)8-7-9-11(3,4)5;1-6-11(4,5)9-7-8-10(2)3;2*1-5-7-11(4)9-6-8-10(2)3;4*1-2/h16-18H,8-15H2,1-7H3;16-17H,9-15H2,1-8H3;11-12H,7-10H2,1-6H3;10-12H,6-9H2,1-5H3;2*10H,6-9H2,1-5H3;2*10-11H,5-9H2,1-4H3;4*1-2H3. The lowest BCUT2D eigenvalue weighted by atomic mass is 9.58. The molecule has 0 heteroatoms. The molecule has 0 spiro atoms. The molecule has 2 aliphatic rings. The van der Waals surface area contributed by atoms with Crippen LogP contribution in [0, 0.1) is 138 Å². The van der Waals surface area contributed by atoms with Crippen molar-refractivity contribution < 1.29 is 0 Å². The van der Waals surface area contributed by atoms with Gasteiger partial charge >= 0.3 is 0 Å². The van der Waals surface area contributed by atoms with Crippen LogP contribution in [0.3, 0.4) is 0 Å². The van der Waals surface area contributed by atoms with E-state index in [-0.39, 0.29) is 0 Å². The van der Waals surface area contributed by atoms with Gasteiger partial charge in [0.2, 0.25) is 0 Å². The Bertz CT molecular complexity index is 1840. The second kappa shape index (κ2) is 81.7. The Hall–Kier alpha value is 0. The molecule has 0 aromatic rings. The van der Waals surface area contributed by atoms with Gasteiger partial charge in [-0.05, 0) is 202 Å². The highest BCUT2D eigenvalue weighted by atomic mass is 14.5. The zero-order valence-electron chi connectivity index (χ0n) is 94.2. The van der Waals surface area contributed by atoms with Crippen LogP contribution in [0.4, 0.5) is 0 Å². The smallest absolute Gasteiger partial charge is 0.0277 e.